The van der Waals surface area contributed by atoms with Gasteiger partial charge < -0.3 is 5.11 Å². The molecule has 4 nitrogen and oxygen atoms in total. The first-order valence-electron chi connectivity index (χ1n) is 7.44. The Morgan fingerprint density at radius 2 is 1.71 bits per heavy atom. The average molecular weight is 313 g/mol. The van der Waals surface area contributed by atoms with Gasteiger partial charge in [-0.25, -0.2) is 13.1 Å². The van der Waals surface area contributed by atoms with Gasteiger partial charge in [-0.3, -0.25) is 0 Å². The minimum absolute atomic E-state index is 0.300. The van der Waals surface area contributed by atoms with E-state index in [-0.39, 0.29) is 0 Å². The zero-order chi connectivity index (χ0) is 16.1. The van der Waals surface area contributed by atoms with Gasteiger partial charge in [0.05, 0.1) is 10.5 Å². The summed E-state index contributed by atoms with van der Waals surface area (Å²) in [7, 11) is -3.43. The molecule has 1 aromatic rings. The molecule has 5 heteroatoms. The molecule has 0 saturated carbocycles. The second kappa shape index (κ2) is 7.38. The van der Waals surface area contributed by atoms with Crippen LogP contribution >= 0.6 is 0 Å². The van der Waals surface area contributed by atoms with Crippen LogP contribution in [0.25, 0.3) is 0 Å². The van der Waals surface area contributed by atoms with Crippen molar-refractivity contribution in [3.8, 4) is 0 Å². The maximum Gasteiger partial charge on any atom is 0.240 e. The van der Waals surface area contributed by atoms with Gasteiger partial charge in [-0.15, -0.1) is 0 Å². The monoisotopic (exact) mass is 313 g/mol. The highest BCUT2D eigenvalue weighted by Gasteiger charge is 2.14. The molecule has 0 saturated heterocycles. The fraction of sp³-hybridized carbons (Fsp3) is 0.625. The summed E-state index contributed by atoms with van der Waals surface area (Å²) in [6.45, 7) is 8.06. The van der Waals surface area contributed by atoms with Crippen LogP contribution in [0.5, 0.6) is 0 Å². The van der Waals surface area contributed by atoms with Crippen molar-refractivity contribution in [3.63, 3.8) is 0 Å². The molecule has 0 atom stereocenters. The SMILES string of the molecule is CC(C)c1ccc(S(=O)(=O)NCCCCC(C)(C)O)cc1. The van der Waals surface area contributed by atoms with Crippen molar-refractivity contribution < 1.29 is 13.5 Å². The van der Waals surface area contributed by atoms with E-state index < -0.39 is 15.6 Å². The number of sulfonamides is 1. The van der Waals surface area contributed by atoms with E-state index in [0.717, 1.165) is 12.0 Å². The summed E-state index contributed by atoms with van der Waals surface area (Å²) >= 11 is 0. The third-order valence-corrected chi connectivity index (χ3v) is 4.84. The molecule has 0 fully saturated rings. The summed E-state index contributed by atoms with van der Waals surface area (Å²) in [5.41, 5.74) is 0.435. The van der Waals surface area contributed by atoms with Gasteiger partial charge in [0.2, 0.25) is 10.0 Å². The normalized spacial score (nSPS) is 12.9. The molecule has 0 spiro atoms. The quantitative estimate of drug-likeness (QED) is 0.725. The van der Waals surface area contributed by atoms with Crippen LogP contribution in [0, 0.1) is 0 Å². The molecule has 0 aromatic heterocycles. The van der Waals surface area contributed by atoms with Crippen molar-refractivity contribution in [2.45, 2.75) is 63.4 Å². The van der Waals surface area contributed by atoms with Crippen LogP contribution in [0.2, 0.25) is 0 Å². The summed E-state index contributed by atoms with van der Waals surface area (Å²) in [6.07, 6.45) is 2.17. The fourth-order valence-electron chi connectivity index (χ4n) is 2.00. The molecule has 0 unspecified atom stereocenters. The van der Waals surface area contributed by atoms with E-state index in [1.54, 1.807) is 26.0 Å². The zero-order valence-corrected chi connectivity index (χ0v) is 14.2. The smallest absolute Gasteiger partial charge is 0.240 e. The molecule has 2 N–H and O–H groups in total. The second-order valence-corrected chi connectivity index (χ2v) is 8.16. The summed E-state index contributed by atoms with van der Waals surface area (Å²) in [5.74, 6) is 0.386. The molecule has 0 heterocycles. The highest BCUT2D eigenvalue weighted by molar-refractivity contribution is 7.89. The zero-order valence-electron chi connectivity index (χ0n) is 13.4. The molecular formula is C16H27NO3S. The first-order valence-corrected chi connectivity index (χ1v) is 8.92. The lowest BCUT2D eigenvalue weighted by Gasteiger charge is -2.16. The summed E-state index contributed by atoms with van der Waals surface area (Å²) in [4.78, 5) is 0.300. The number of rotatable bonds is 8. The maximum atomic E-state index is 12.1. The maximum absolute atomic E-state index is 12.1. The lowest BCUT2D eigenvalue weighted by atomic mass is 10.0. The van der Waals surface area contributed by atoms with Crippen LogP contribution < -0.4 is 4.72 Å². The predicted molar refractivity (Wildman–Crippen MR) is 85.9 cm³/mol. The van der Waals surface area contributed by atoms with Crippen molar-refractivity contribution in [3.05, 3.63) is 29.8 Å². The van der Waals surface area contributed by atoms with Gasteiger partial charge in [0.25, 0.3) is 0 Å². The van der Waals surface area contributed by atoms with Crippen molar-refractivity contribution in [1.29, 1.82) is 0 Å². The van der Waals surface area contributed by atoms with Crippen LogP contribution in [-0.2, 0) is 10.0 Å². The number of hydrogen-bond acceptors (Lipinski definition) is 3. The third kappa shape index (κ3) is 6.59. The molecule has 1 rings (SSSR count). The molecular weight excluding hydrogens is 286 g/mol. The Balaban J connectivity index is 2.50. The minimum atomic E-state index is -3.43. The van der Waals surface area contributed by atoms with Crippen molar-refractivity contribution in [2.75, 3.05) is 6.54 Å². The number of nitrogens with one attached hydrogen (secondary N) is 1. The Morgan fingerprint density at radius 3 is 2.19 bits per heavy atom. The first-order chi connectivity index (χ1) is 9.62. The van der Waals surface area contributed by atoms with Crippen LogP contribution in [0.15, 0.2) is 29.2 Å². The van der Waals surface area contributed by atoms with E-state index in [4.69, 9.17) is 0 Å². The molecule has 0 radical (unpaired) electrons. The van der Waals surface area contributed by atoms with Crippen molar-refractivity contribution in [2.24, 2.45) is 0 Å². The van der Waals surface area contributed by atoms with Gasteiger partial charge >= 0.3 is 0 Å². The summed E-state index contributed by atoms with van der Waals surface area (Å²) < 4.78 is 26.8. The predicted octanol–water partition coefficient (Wildman–Crippen LogP) is 3.03. The van der Waals surface area contributed by atoms with E-state index in [0.29, 0.717) is 30.2 Å². The van der Waals surface area contributed by atoms with E-state index in [1.165, 1.54) is 0 Å². The van der Waals surface area contributed by atoms with Crippen molar-refractivity contribution in [1.82, 2.24) is 4.72 Å². The molecule has 0 aliphatic heterocycles. The molecule has 0 aliphatic rings. The molecule has 0 bridgehead atoms. The van der Waals surface area contributed by atoms with Gasteiger partial charge in [-0.2, -0.15) is 0 Å². The molecule has 0 amide bonds. The molecule has 21 heavy (non-hydrogen) atoms. The Bertz CT molecular complexity index is 528. The average Bonchev–Trinajstić information content (AvgIpc) is 2.37. The van der Waals surface area contributed by atoms with Gasteiger partial charge in [-0.05, 0) is 56.7 Å². The number of hydrogen-bond donors (Lipinski definition) is 2. The van der Waals surface area contributed by atoms with Crippen LogP contribution in [0.4, 0.5) is 0 Å². The molecule has 120 valence electrons. The number of unbranched alkanes of at least 4 members (excludes halogenated alkanes) is 1. The van der Waals surface area contributed by atoms with E-state index in [2.05, 4.69) is 18.6 Å². The highest BCUT2D eigenvalue weighted by Crippen LogP contribution is 2.17. The number of benzene rings is 1. The van der Waals surface area contributed by atoms with Crippen molar-refractivity contribution >= 4 is 10.0 Å². The highest BCUT2D eigenvalue weighted by atomic mass is 32.2. The Labute approximate surface area is 128 Å². The van der Waals surface area contributed by atoms with Crippen LogP contribution in [0.3, 0.4) is 0 Å². The number of aliphatic hydroxyl groups is 1. The van der Waals surface area contributed by atoms with Gasteiger partial charge in [0, 0.05) is 6.54 Å². The summed E-state index contributed by atoms with van der Waals surface area (Å²) in [6, 6.07) is 7.00. The lowest BCUT2D eigenvalue weighted by Crippen LogP contribution is -2.25. The third-order valence-electron chi connectivity index (χ3n) is 3.36. The fourth-order valence-corrected chi connectivity index (χ4v) is 3.08. The van der Waals surface area contributed by atoms with Gasteiger partial charge in [0.1, 0.15) is 0 Å². The first kappa shape index (κ1) is 18.1. The Morgan fingerprint density at radius 1 is 1.14 bits per heavy atom. The minimum Gasteiger partial charge on any atom is -0.390 e. The molecule has 1 aromatic carbocycles. The van der Waals surface area contributed by atoms with Crippen LogP contribution in [-0.4, -0.2) is 25.7 Å². The van der Waals surface area contributed by atoms with Crippen LogP contribution in [0.1, 0.15) is 58.4 Å². The second-order valence-electron chi connectivity index (χ2n) is 6.39. The Kier molecular flexibility index (Phi) is 6.38. The van der Waals surface area contributed by atoms with Gasteiger partial charge in [0.15, 0.2) is 0 Å². The standard InChI is InChI=1S/C16H27NO3S/c1-13(2)14-7-9-15(10-8-14)21(19,20)17-12-6-5-11-16(3,4)18/h7-10,13,17-18H,5-6,11-12H2,1-4H3. The largest absolute Gasteiger partial charge is 0.390 e. The topological polar surface area (TPSA) is 66.4 Å². The Hall–Kier alpha value is -0.910. The van der Waals surface area contributed by atoms with E-state index in [1.807, 2.05) is 12.1 Å². The lowest BCUT2D eigenvalue weighted by molar-refractivity contribution is 0.0684. The van der Waals surface area contributed by atoms with Gasteiger partial charge in [-0.1, -0.05) is 26.0 Å². The summed E-state index contributed by atoms with van der Waals surface area (Å²) in [5, 5.41) is 9.59. The molecule has 0 aliphatic carbocycles. The van der Waals surface area contributed by atoms with E-state index in [9.17, 15) is 13.5 Å². The van der Waals surface area contributed by atoms with E-state index >= 15 is 0 Å².